The summed E-state index contributed by atoms with van der Waals surface area (Å²) in [4.78, 5) is 16.6. The van der Waals surface area contributed by atoms with E-state index >= 15 is 0 Å². The fourth-order valence-corrected chi connectivity index (χ4v) is 3.20. The number of nitrogens with zero attached hydrogens (tertiary/aromatic N) is 1. The Hall–Kier alpha value is -1.33. The van der Waals surface area contributed by atoms with Crippen molar-refractivity contribution in [3.05, 3.63) is 35.9 Å². The molecule has 0 fully saturated rings. The van der Waals surface area contributed by atoms with Crippen LogP contribution < -0.4 is 5.32 Å². The first kappa shape index (κ1) is 15.1. The molecule has 3 atom stereocenters. The maximum absolute atomic E-state index is 12.1. The molecule has 0 spiro atoms. The molecule has 1 heterocycles. The van der Waals surface area contributed by atoms with Crippen LogP contribution in [0.4, 0.5) is 0 Å². The monoisotopic (exact) mass is 292 g/mol. The lowest BCUT2D eigenvalue weighted by atomic mass is 10.1. The van der Waals surface area contributed by atoms with Crippen molar-refractivity contribution in [3.63, 3.8) is 0 Å². The maximum Gasteiger partial charge on any atom is 0.245 e. The smallest absolute Gasteiger partial charge is 0.245 e. The number of hydrogen-bond acceptors (Lipinski definition) is 4. The van der Waals surface area contributed by atoms with E-state index in [0.717, 1.165) is 10.6 Å². The van der Waals surface area contributed by atoms with Crippen molar-refractivity contribution in [3.8, 4) is 0 Å². The van der Waals surface area contributed by atoms with Crippen molar-refractivity contribution < 1.29 is 9.90 Å². The van der Waals surface area contributed by atoms with Gasteiger partial charge in [0.1, 0.15) is 6.04 Å². The lowest BCUT2D eigenvalue weighted by molar-refractivity contribution is -0.122. The number of hydrogen-bond donors (Lipinski definition) is 2. The Morgan fingerprint density at radius 1 is 1.45 bits per heavy atom. The zero-order chi connectivity index (χ0) is 14.5. The Labute approximate surface area is 123 Å². The number of aliphatic hydroxyl groups is 1. The van der Waals surface area contributed by atoms with E-state index in [9.17, 15) is 9.90 Å². The molecule has 0 aliphatic carbocycles. The minimum Gasteiger partial charge on any atom is -0.393 e. The fraction of sp³-hybridized carbons (Fsp3) is 0.467. The van der Waals surface area contributed by atoms with Gasteiger partial charge in [-0.05, 0) is 20.3 Å². The van der Waals surface area contributed by atoms with Crippen LogP contribution in [0.15, 0.2) is 35.3 Å². The van der Waals surface area contributed by atoms with Crippen LogP contribution >= 0.6 is 11.8 Å². The average Bonchev–Trinajstić information content (AvgIpc) is 2.88. The van der Waals surface area contributed by atoms with E-state index < -0.39 is 6.10 Å². The normalized spacial score (nSPS) is 21.1. The second-order valence-electron chi connectivity index (χ2n) is 5.12. The molecule has 1 aliphatic heterocycles. The van der Waals surface area contributed by atoms with Gasteiger partial charge in [-0.2, -0.15) is 0 Å². The molecule has 4 nitrogen and oxygen atoms in total. The Kier molecular flexibility index (Phi) is 5.20. The minimum atomic E-state index is -0.411. The average molecular weight is 292 g/mol. The van der Waals surface area contributed by atoms with Gasteiger partial charge in [-0.25, -0.2) is 0 Å². The van der Waals surface area contributed by atoms with Gasteiger partial charge in [-0.3, -0.25) is 9.79 Å². The number of thioether (sulfide) groups is 1. The van der Waals surface area contributed by atoms with Crippen LogP contribution in [-0.4, -0.2) is 40.0 Å². The van der Waals surface area contributed by atoms with E-state index in [1.165, 1.54) is 0 Å². The van der Waals surface area contributed by atoms with E-state index in [1.54, 1.807) is 18.7 Å². The van der Waals surface area contributed by atoms with Crippen LogP contribution in [-0.2, 0) is 4.79 Å². The summed E-state index contributed by atoms with van der Waals surface area (Å²) in [5.41, 5.74) is 1.06. The zero-order valence-corrected chi connectivity index (χ0v) is 12.6. The first-order chi connectivity index (χ1) is 9.56. The van der Waals surface area contributed by atoms with E-state index in [4.69, 9.17) is 0 Å². The maximum atomic E-state index is 12.1. The highest BCUT2D eigenvalue weighted by Gasteiger charge is 2.26. The van der Waals surface area contributed by atoms with Gasteiger partial charge in [0.25, 0.3) is 0 Å². The van der Waals surface area contributed by atoms with Crippen molar-refractivity contribution in [2.75, 3.05) is 5.75 Å². The lowest BCUT2D eigenvalue weighted by Crippen LogP contribution is -2.40. The third-order valence-corrected chi connectivity index (χ3v) is 4.15. The van der Waals surface area contributed by atoms with Crippen LogP contribution in [0.1, 0.15) is 25.8 Å². The molecule has 0 radical (unpaired) electrons. The Bertz CT molecular complexity index is 488. The molecule has 0 saturated heterocycles. The number of aliphatic hydroxyl groups excluding tert-OH is 1. The molecule has 1 aromatic carbocycles. The van der Waals surface area contributed by atoms with Crippen molar-refractivity contribution in [2.24, 2.45) is 4.99 Å². The lowest BCUT2D eigenvalue weighted by Gasteiger charge is -2.16. The molecule has 2 rings (SSSR count). The van der Waals surface area contributed by atoms with Gasteiger partial charge in [0.05, 0.1) is 11.1 Å². The Morgan fingerprint density at radius 2 is 2.15 bits per heavy atom. The van der Waals surface area contributed by atoms with Gasteiger partial charge in [-0.15, -0.1) is 11.8 Å². The molecule has 0 saturated carbocycles. The molecule has 108 valence electrons. The van der Waals surface area contributed by atoms with Crippen molar-refractivity contribution in [1.29, 1.82) is 0 Å². The highest BCUT2D eigenvalue weighted by molar-refractivity contribution is 8.14. The highest BCUT2D eigenvalue weighted by atomic mass is 32.2. The molecule has 3 unspecified atom stereocenters. The quantitative estimate of drug-likeness (QED) is 0.870. The van der Waals surface area contributed by atoms with Crippen molar-refractivity contribution in [2.45, 2.75) is 38.5 Å². The molecular formula is C15H20N2O2S. The van der Waals surface area contributed by atoms with Gasteiger partial charge < -0.3 is 10.4 Å². The summed E-state index contributed by atoms with van der Waals surface area (Å²) >= 11 is 1.61. The summed E-state index contributed by atoms with van der Waals surface area (Å²) in [6.07, 6.45) is 0.146. The number of nitrogens with one attached hydrogen (secondary N) is 1. The summed E-state index contributed by atoms with van der Waals surface area (Å²) < 4.78 is 0. The van der Waals surface area contributed by atoms with Gasteiger partial charge in [0.15, 0.2) is 0 Å². The summed E-state index contributed by atoms with van der Waals surface area (Å²) in [5, 5.41) is 13.1. The Morgan fingerprint density at radius 3 is 2.80 bits per heavy atom. The third kappa shape index (κ3) is 4.08. The van der Waals surface area contributed by atoms with E-state index in [-0.39, 0.29) is 18.0 Å². The molecule has 1 aliphatic rings. The molecular weight excluding hydrogens is 272 g/mol. The molecule has 0 bridgehead atoms. The molecule has 0 aromatic heterocycles. The number of carbonyl (C=O) groups excluding carboxylic acids is 1. The highest BCUT2D eigenvalue weighted by Crippen LogP contribution is 2.23. The molecule has 1 aromatic rings. The molecule has 2 N–H and O–H groups in total. The van der Waals surface area contributed by atoms with Crippen LogP contribution in [0, 0.1) is 0 Å². The first-order valence-corrected chi connectivity index (χ1v) is 7.79. The van der Waals surface area contributed by atoms with Crippen molar-refractivity contribution in [1.82, 2.24) is 5.32 Å². The predicted molar refractivity (Wildman–Crippen MR) is 83.1 cm³/mol. The van der Waals surface area contributed by atoms with Crippen LogP contribution in [0.3, 0.4) is 0 Å². The van der Waals surface area contributed by atoms with E-state index in [1.807, 2.05) is 37.3 Å². The second-order valence-corrected chi connectivity index (χ2v) is 6.13. The van der Waals surface area contributed by atoms with Gasteiger partial charge in [-0.1, -0.05) is 30.3 Å². The topological polar surface area (TPSA) is 61.7 Å². The molecule has 1 amide bonds. The van der Waals surface area contributed by atoms with Crippen LogP contribution in [0.25, 0.3) is 0 Å². The Balaban J connectivity index is 1.94. The summed E-state index contributed by atoms with van der Waals surface area (Å²) in [7, 11) is 0. The number of rotatable bonds is 5. The van der Waals surface area contributed by atoms with Crippen molar-refractivity contribution >= 4 is 22.7 Å². The number of benzene rings is 1. The van der Waals surface area contributed by atoms with Crippen LogP contribution in [0.5, 0.6) is 0 Å². The summed E-state index contributed by atoms with van der Waals surface area (Å²) in [6.45, 7) is 3.62. The standard InChI is InChI=1S/C15H20N2O2S/c1-10(8-11(2)18)16-14(19)13-9-20-15(17-13)12-6-4-3-5-7-12/h3-7,10-11,13,18H,8-9H2,1-2H3,(H,16,19). The molecule has 20 heavy (non-hydrogen) atoms. The van der Waals surface area contributed by atoms with Gasteiger partial charge in [0.2, 0.25) is 5.91 Å². The van der Waals surface area contributed by atoms with Crippen LogP contribution in [0.2, 0.25) is 0 Å². The van der Waals surface area contributed by atoms with Gasteiger partial charge in [0, 0.05) is 17.4 Å². The number of aliphatic imine (C=N–C) groups is 1. The van der Waals surface area contributed by atoms with E-state index in [2.05, 4.69) is 10.3 Å². The second kappa shape index (κ2) is 6.90. The summed E-state index contributed by atoms with van der Waals surface area (Å²) in [5.74, 6) is 0.619. The third-order valence-electron chi connectivity index (χ3n) is 3.06. The number of amides is 1. The number of carbonyl (C=O) groups is 1. The SMILES string of the molecule is CC(O)CC(C)NC(=O)C1CSC(c2ccccc2)=N1. The van der Waals surface area contributed by atoms with Gasteiger partial charge >= 0.3 is 0 Å². The largest absolute Gasteiger partial charge is 0.393 e. The fourth-order valence-electron chi connectivity index (χ4n) is 2.16. The minimum absolute atomic E-state index is 0.0384. The first-order valence-electron chi connectivity index (χ1n) is 6.80. The zero-order valence-electron chi connectivity index (χ0n) is 11.7. The van der Waals surface area contributed by atoms with E-state index in [0.29, 0.717) is 12.2 Å². The predicted octanol–water partition coefficient (Wildman–Crippen LogP) is 1.82. The summed E-state index contributed by atoms with van der Waals surface area (Å²) in [6, 6.07) is 9.54. The molecule has 5 heteroatoms.